The second-order valence-corrected chi connectivity index (χ2v) is 3.66. The summed E-state index contributed by atoms with van der Waals surface area (Å²) < 4.78 is 12.9. The van der Waals surface area contributed by atoms with Crippen LogP contribution in [-0.4, -0.2) is 35.6 Å². The molecule has 1 N–H and O–H groups in total. The van der Waals surface area contributed by atoms with Gasteiger partial charge in [-0.2, -0.15) is 0 Å². The molecule has 0 spiro atoms. The fourth-order valence-electron chi connectivity index (χ4n) is 1.53. The quantitative estimate of drug-likeness (QED) is 0.759. The monoisotopic (exact) mass is 237 g/mol. The van der Waals surface area contributed by atoms with Crippen molar-refractivity contribution in [3.63, 3.8) is 0 Å². The van der Waals surface area contributed by atoms with E-state index in [0.717, 1.165) is 0 Å². The van der Waals surface area contributed by atoms with E-state index in [4.69, 9.17) is 5.11 Å². The highest BCUT2D eigenvalue weighted by molar-refractivity contribution is 5.78. The molecule has 1 amide bonds. The number of carbonyl (C=O) groups is 1. The highest BCUT2D eigenvalue weighted by Crippen LogP contribution is 2.06. The maximum Gasteiger partial charge on any atom is 0.227 e. The molecule has 0 aromatic heterocycles. The fraction of sp³-hybridized carbons (Fsp3) is 0.308. The average Bonchev–Trinajstić information content (AvgIpc) is 2.28. The van der Waals surface area contributed by atoms with Crippen LogP contribution in [0.15, 0.2) is 36.9 Å². The Bertz CT molecular complexity index is 393. The molecular formula is C13H16FNO2. The number of benzene rings is 1. The summed E-state index contributed by atoms with van der Waals surface area (Å²) in [7, 11) is 0. The summed E-state index contributed by atoms with van der Waals surface area (Å²) in [4.78, 5) is 13.3. The third-order valence-corrected chi connectivity index (χ3v) is 2.32. The molecule has 0 atom stereocenters. The first-order chi connectivity index (χ1) is 8.17. The standard InChI is InChI=1S/C13H16FNO2/c1-2-6-15(7-8-16)13(17)10-11-4-3-5-12(14)9-11/h2-5,9,16H,1,6-8,10H2. The van der Waals surface area contributed by atoms with Crippen molar-refractivity contribution in [1.82, 2.24) is 4.90 Å². The van der Waals surface area contributed by atoms with E-state index >= 15 is 0 Å². The topological polar surface area (TPSA) is 40.5 Å². The molecule has 4 heteroatoms. The predicted molar refractivity (Wildman–Crippen MR) is 64.0 cm³/mol. The highest BCUT2D eigenvalue weighted by Gasteiger charge is 2.12. The third-order valence-electron chi connectivity index (χ3n) is 2.32. The zero-order valence-electron chi connectivity index (χ0n) is 9.60. The maximum absolute atomic E-state index is 12.9. The lowest BCUT2D eigenvalue weighted by Crippen LogP contribution is -2.34. The average molecular weight is 237 g/mol. The van der Waals surface area contributed by atoms with Crippen molar-refractivity contribution < 1.29 is 14.3 Å². The molecule has 0 bridgehead atoms. The van der Waals surface area contributed by atoms with Crippen molar-refractivity contribution in [2.24, 2.45) is 0 Å². The summed E-state index contributed by atoms with van der Waals surface area (Å²) in [6.07, 6.45) is 1.73. The minimum Gasteiger partial charge on any atom is -0.395 e. The van der Waals surface area contributed by atoms with E-state index in [-0.39, 0.29) is 31.3 Å². The van der Waals surface area contributed by atoms with Gasteiger partial charge in [-0.3, -0.25) is 4.79 Å². The molecule has 0 fully saturated rings. The van der Waals surface area contributed by atoms with E-state index in [0.29, 0.717) is 12.1 Å². The van der Waals surface area contributed by atoms with Gasteiger partial charge < -0.3 is 10.0 Å². The zero-order chi connectivity index (χ0) is 12.7. The van der Waals surface area contributed by atoms with Gasteiger partial charge in [0.15, 0.2) is 0 Å². The summed E-state index contributed by atoms with van der Waals surface area (Å²) in [5.74, 6) is -0.503. The molecule has 0 radical (unpaired) electrons. The molecule has 1 rings (SSSR count). The van der Waals surface area contributed by atoms with Gasteiger partial charge in [0.2, 0.25) is 5.91 Å². The van der Waals surface area contributed by atoms with E-state index in [9.17, 15) is 9.18 Å². The Labute approximate surface area is 100 Å². The predicted octanol–water partition coefficient (Wildman–Crippen LogP) is 1.38. The van der Waals surface area contributed by atoms with Gasteiger partial charge in [0.25, 0.3) is 0 Å². The van der Waals surface area contributed by atoms with Crippen LogP contribution in [0.2, 0.25) is 0 Å². The van der Waals surface area contributed by atoms with Crippen molar-refractivity contribution in [2.75, 3.05) is 19.7 Å². The van der Waals surface area contributed by atoms with Crippen LogP contribution >= 0.6 is 0 Å². The smallest absolute Gasteiger partial charge is 0.227 e. The zero-order valence-corrected chi connectivity index (χ0v) is 9.60. The number of aliphatic hydroxyl groups is 1. The Morgan fingerprint density at radius 1 is 1.53 bits per heavy atom. The largest absolute Gasteiger partial charge is 0.395 e. The van der Waals surface area contributed by atoms with Crippen molar-refractivity contribution in [2.45, 2.75) is 6.42 Å². The molecule has 0 unspecified atom stereocenters. The van der Waals surface area contributed by atoms with Crippen LogP contribution in [0.1, 0.15) is 5.56 Å². The number of hydrogen-bond donors (Lipinski definition) is 1. The summed E-state index contributed by atoms with van der Waals surface area (Å²) in [6.45, 7) is 4.10. The molecule has 0 saturated heterocycles. The Balaban J connectivity index is 2.65. The molecule has 0 aliphatic carbocycles. The Morgan fingerprint density at radius 2 is 2.29 bits per heavy atom. The molecule has 3 nitrogen and oxygen atoms in total. The van der Waals surface area contributed by atoms with Crippen LogP contribution in [0.4, 0.5) is 4.39 Å². The van der Waals surface area contributed by atoms with Crippen LogP contribution < -0.4 is 0 Å². The van der Waals surface area contributed by atoms with Gasteiger partial charge >= 0.3 is 0 Å². The summed E-state index contributed by atoms with van der Waals surface area (Å²) in [6, 6.07) is 5.94. The molecule has 0 saturated carbocycles. The lowest BCUT2D eigenvalue weighted by atomic mass is 10.1. The Morgan fingerprint density at radius 3 is 2.88 bits per heavy atom. The fourth-order valence-corrected chi connectivity index (χ4v) is 1.53. The highest BCUT2D eigenvalue weighted by atomic mass is 19.1. The molecule has 0 aliphatic rings. The number of rotatable bonds is 6. The molecule has 0 aliphatic heterocycles. The van der Waals surface area contributed by atoms with E-state index in [2.05, 4.69) is 6.58 Å². The Hall–Kier alpha value is -1.68. The van der Waals surface area contributed by atoms with Crippen molar-refractivity contribution >= 4 is 5.91 Å². The minimum absolute atomic E-state index is 0.0945. The lowest BCUT2D eigenvalue weighted by molar-refractivity contribution is -0.130. The van der Waals surface area contributed by atoms with Gasteiger partial charge in [0.1, 0.15) is 5.82 Å². The van der Waals surface area contributed by atoms with Crippen LogP contribution in [0.3, 0.4) is 0 Å². The van der Waals surface area contributed by atoms with Crippen LogP contribution in [-0.2, 0) is 11.2 Å². The lowest BCUT2D eigenvalue weighted by Gasteiger charge is -2.19. The summed E-state index contributed by atoms with van der Waals surface area (Å²) in [5, 5.41) is 8.83. The molecule has 17 heavy (non-hydrogen) atoms. The second-order valence-electron chi connectivity index (χ2n) is 3.66. The van der Waals surface area contributed by atoms with Crippen LogP contribution in [0, 0.1) is 5.82 Å². The number of carbonyl (C=O) groups excluding carboxylic acids is 1. The molecule has 1 aromatic rings. The van der Waals surface area contributed by atoms with Crippen molar-refractivity contribution in [3.8, 4) is 0 Å². The van der Waals surface area contributed by atoms with Gasteiger partial charge in [-0.05, 0) is 17.7 Å². The SMILES string of the molecule is C=CCN(CCO)C(=O)Cc1cccc(F)c1. The number of halogens is 1. The molecule has 1 aromatic carbocycles. The number of aliphatic hydroxyl groups excluding tert-OH is 1. The van der Waals surface area contributed by atoms with Crippen LogP contribution in [0.25, 0.3) is 0 Å². The first-order valence-electron chi connectivity index (χ1n) is 5.41. The summed E-state index contributed by atoms with van der Waals surface area (Å²) >= 11 is 0. The second kappa shape index (κ2) is 6.81. The third kappa shape index (κ3) is 4.36. The normalized spacial score (nSPS) is 10.0. The number of hydrogen-bond acceptors (Lipinski definition) is 2. The maximum atomic E-state index is 12.9. The molecule has 0 heterocycles. The van der Waals surface area contributed by atoms with Gasteiger partial charge in [0, 0.05) is 13.1 Å². The minimum atomic E-state index is -0.354. The van der Waals surface area contributed by atoms with Gasteiger partial charge in [-0.25, -0.2) is 4.39 Å². The van der Waals surface area contributed by atoms with Crippen molar-refractivity contribution in [1.29, 1.82) is 0 Å². The molecule has 92 valence electrons. The van der Waals surface area contributed by atoms with Gasteiger partial charge in [-0.15, -0.1) is 6.58 Å². The number of nitrogens with zero attached hydrogens (tertiary/aromatic N) is 1. The van der Waals surface area contributed by atoms with Crippen LogP contribution in [0.5, 0.6) is 0 Å². The first-order valence-corrected chi connectivity index (χ1v) is 5.41. The number of amides is 1. The Kier molecular flexibility index (Phi) is 5.36. The van der Waals surface area contributed by atoms with E-state index in [1.54, 1.807) is 18.2 Å². The van der Waals surface area contributed by atoms with E-state index < -0.39 is 0 Å². The van der Waals surface area contributed by atoms with Crippen molar-refractivity contribution in [3.05, 3.63) is 48.3 Å². The van der Waals surface area contributed by atoms with Gasteiger partial charge in [0.05, 0.1) is 13.0 Å². The first kappa shape index (κ1) is 13.4. The summed E-state index contributed by atoms with van der Waals surface area (Å²) in [5.41, 5.74) is 0.627. The van der Waals surface area contributed by atoms with E-state index in [1.165, 1.54) is 17.0 Å². The van der Waals surface area contributed by atoms with E-state index in [1.807, 2.05) is 0 Å². The van der Waals surface area contributed by atoms with Gasteiger partial charge in [-0.1, -0.05) is 18.2 Å². The molecular weight excluding hydrogens is 221 g/mol.